The van der Waals surface area contributed by atoms with Crippen molar-refractivity contribution in [1.82, 2.24) is 14.3 Å². The molecule has 0 bridgehead atoms. The van der Waals surface area contributed by atoms with Gasteiger partial charge in [0.15, 0.2) is 5.75 Å². The van der Waals surface area contributed by atoms with Gasteiger partial charge in [-0.2, -0.15) is 5.10 Å². The molecule has 5 rings (SSSR count). The molecule has 1 aliphatic carbocycles. The van der Waals surface area contributed by atoms with Gasteiger partial charge in [0, 0.05) is 6.20 Å². The molecule has 30 heavy (non-hydrogen) atoms. The fraction of sp³-hybridized carbons (Fsp3) is 0.167. The van der Waals surface area contributed by atoms with E-state index in [1.54, 1.807) is 39.8 Å². The first-order valence-corrected chi connectivity index (χ1v) is 9.85. The van der Waals surface area contributed by atoms with Crippen LogP contribution in [0.2, 0.25) is 0 Å². The second-order valence-electron chi connectivity index (χ2n) is 7.43. The largest absolute Gasteiger partial charge is 0.491 e. The van der Waals surface area contributed by atoms with Crippen molar-refractivity contribution in [3.05, 3.63) is 94.8 Å². The van der Waals surface area contributed by atoms with Crippen LogP contribution in [0.15, 0.2) is 78.0 Å². The van der Waals surface area contributed by atoms with E-state index in [0.717, 1.165) is 24.1 Å². The molecule has 0 spiro atoms. The lowest BCUT2D eigenvalue weighted by molar-refractivity contribution is 0.407. The summed E-state index contributed by atoms with van der Waals surface area (Å²) >= 11 is 0. The summed E-state index contributed by atoms with van der Waals surface area (Å²) in [6.07, 6.45) is 7.01. The highest BCUT2D eigenvalue weighted by Crippen LogP contribution is 2.40. The molecule has 150 valence electrons. The van der Waals surface area contributed by atoms with Gasteiger partial charge in [-0.25, -0.2) is 9.07 Å². The van der Waals surface area contributed by atoms with Crippen LogP contribution < -0.4 is 10.2 Å². The van der Waals surface area contributed by atoms with E-state index in [4.69, 9.17) is 4.74 Å². The molecule has 1 saturated carbocycles. The number of aromatic nitrogens is 3. The van der Waals surface area contributed by atoms with E-state index in [-0.39, 0.29) is 17.0 Å². The molecule has 2 heterocycles. The maximum Gasteiger partial charge on any atom is 0.232 e. The predicted molar refractivity (Wildman–Crippen MR) is 113 cm³/mol. The summed E-state index contributed by atoms with van der Waals surface area (Å²) in [5, 5.41) is 4.37. The third-order valence-corrected chi connectivity index (χ3v) is 5.43. The van der Waals surface area contributed by atoms with Crippen molar-refractivity contribution in [3.63, 3.8) is 0 Å². The molecule has 2 aromatic carbocycles. The van der Waals surface area contributed by atoms with Gasteiger partial charge in [-0.3, -0.25) is 4.79 Å². The van der Waals surface area contributed by atoms with Crippen LogP contribution in [-0.4, -0.2) is 21.5 Å². The molecule has 6 heteroatoms. The summed E-state index contributed by atoms with van der Waals surface area (Å²) in [5.41, 5.74) is 2.92. The lowest BCUT2D eigenvalue weighted by Crippen LogP contribution is -2.14. The highest BCUT2D eigenvalue weighted by atomic mass is 19.1. The minimum atomic E-state index is -0.326. The lowest BCUT2D eigenvalue weighted by atomic mass is 10.1. The number of hydrogen-bond donors (Lipinski definition) is 0. The minimum absolute atomic E-state index is 0.138. The molecule has 1 fully saturated rings. The molecule has 0 N–H and O–H groups in total. The Labute approximate surface area is 173 Å². The Kier molecular flexibility index (Phi) is 4.47. The van der Waals surface area contributed by atoms with Gasteiger partial charge in [0.1, 0.15) is 5.82 Å². The first-order chi connectivity index (χ1) is 14.7. The van der Waals surface area contributed by atoms with Gasteiger partial charge in [0.2, 0.25) is 5.43 Å². The van der Waals surface area contributed by atoms with Crippen LogP contribution in [0.5, 0.6) is 5.75 Å². The average molecular weight is 401 g/mol. The molecule has 1 aliphatic rings. The van der Waals surface area contributed by atoms with Crippen molar-refractivity contribution in [1.29, 1.82) is 0 Å². The van der Waals surface area contributed by atoms with Crippen LogP contribution in [0, 0.1) is 5.82 Å². The van der Waals surface area contributed by atoms with E-state index in [1.807, 2.05) is 36.4 Å². The van der Waals surface area contributed by atoms with Crippen molar-refractivity contribution in [2.45, 2.75) is 18.8 Å². The van der Waals surface area contributed by atoms with E-state index in [0.29, 0.717) is 22.9 Å². The van der Waals surface area contributed by atoms with Crippen molar-refractivity contribution < 1.29 is 9.13 Å². The maximum atomic E-state index is 14.9. The highest BCUT2D eigenvalue weighted by Gasteiger charge is 2.24. The van der Waals surface area contributed by atoms with Crippen LogP contribution >= 0.6 is 0 Å². The number of hydrogen-bond acceptors (Lipinski definition) is 3. The molecular weight excluding hydrogens is 381 g/mol. The minimum Gasteiger partial charge on any atom is -0.491 e. The molecule has 0 saturated heterocycles. The van der Waals surface area contributed by atoms with E-state index in [9.17, 15) is 9.18 Å². The quantitative estimate of drug-likeness (QED) is 0.486. The topological polar surface area (TPSA) is 49.0 Å². The Bertz CT molecular complexity index is 1270. The summed E-state index contributed by atoms with van der Waals surface area (Å²) in [4.78, 5) is 13.0. The highest BCUT2D eigenvalue weighted by molar-refractivity contribution is 5.63. The molecule has 5 nitrogen and oxygen atoms in total. The van der Waals surface area contributed by atoms with Gasteiger partial charge < -0.3 is 9.30 Å². The summed E-state index contributed by atoms with van der Waals surface area (Å²) in [5.74, 6) is 0.277. The van der Waals surface area contributed by atoms with Crippen LogP contribution in [-0.2, 0) is 0 Å². The fourth-order valence-corrected chi connectivity index (χ4v) is 3.70. The van der Waals surface area contributed by atoms with E-state index in [1.165, 1.54) is 13.3 Å². The molecule has 2 aromatic heterocycles. The number of rotatable bonds is 5. The smallest absolute Gasteiger partial charge is 0.232 e. The molecule has 0 aliphatic heterocycles. The fourth-order valence-electron chi connectivity index (χ4n) is 3.70. The number of ether oxygens (including phenoxy) is 1. The third-order valence-electron chi connectivity index (χ3n) is 5.43. The zero-order valence-corrected chi connectivity index (χ0v) is 16.5. The second-order valence-corrected chi connectivity index (χ2v) is 7.43. The molecule has 0 unspecified atom stereocenters. The van der Waals surface area contributed by atoms with Crippen LogP contribution in [0.3, 0.4) is 0 Å². The SMILES string of the molecule is COc1cn(-c2ccc(C3CC3)cc2F)cc(-c2ccnn2-c2ccccc2)c1=O. The molecule has 0 atom stereocenters. The van der Waals surface area contributed by atoms with Crippen molar-refractivity contribution in [2.24, 2.45) is 0 Å². The Morgan fingerprint density at radius 3 is 2.57 bits per heavy atom. The number of pyridine rings is 1. The first kappa shape index (κ1) is 18.4. The number of methoxy groups -OCH3 is 1. The number of benzene rings is 2. The second kappa shape index (κ2) is 7.30. The average Bonchev–Trinajstić information content (AvgIpc) is 3.51. The first-order valence-electron chi connectivity index (χ1n) is 9.85. The van der Waals surface area contributed by atoms with E-state index >= 15 is 0 Å². The third kappa shape index (κ3) is 3.20. The molecule has 4 aromatic rings. The number of nitrogens with zero attached hydrogens (tertiary/aromatic N) is 3. The van der Waals surface area contributed by atoms with E-state index in [2.05, 4.69) is 5.10 Å². The van der Waals surface area contributed by atoms with Crippen molar-refractivity contribution in [2.75, 3.05) is 7.11 Å². The summed E-state index contributed by atoms with van der Waals surface area (Å²) in [6, 6.07) is 16.6. The normalized spacial score (nSPS) is 13.4. The molecular formula is C24H20FN3O2. The van der Waals surface area contributed by atoms with Crippen LogP contribution in [0.1, 0.15) is 24.3 Å². The van der Waals surface area contributed by atoms with Gasteiger partial charge in [0.25, 0.3) is 0 Å². The Hall–Kier alpha value is -3.67. The van der Waals surface area contributed by atoms with Crippen molar-refractivity contribution in [3.8, 4) is 28.4 Å². The Morgan fingerprint density at radius 2 is 1.87 bits per heavy atom. The number of halogens is 1. The van der Waals surface area contributed by atoms with Crippen LogP contribution in [0.25, 0.3) is 22.6 Å². The summed E-state index contributed by atoms with van der Waals surface area (Å²) in [7, 11) is 1.44. The molecule has 0 amide bonds. The standard InChI is InChI=1S/C24H20FN3O2/c1-30-23-15-27(22-10-9-17(13-20(22)25)16-7-8-16)14-19(24(23)29)21-11-12-26-28(21)18-5-3-2-4-6-18/h2-6,9-16H,7-8H2,1H3. The van der Waals surface area contributed by atoms with Gasteiger partial charge >= 0.3 is 0 Å². The summed E-state index contributed by atoms with van der Waals surface area (Å²) < 4.78 is 23.5. The van der Waals surface area contributed by atoms with Gasteiger partial charge in [-0.05, 0) is 54.7 Å². The van der Waals surface area contributed by atoms with Crippen molar-refractivity contribution >= 4 is 0 Å². The zero-order valence-electron chi connectivity index (χ0n) is 16.5. The van der Waals surface area contributed by atoms with Gasteiger partial charge in [0.05, 0.1) is 42.1 Å². The summed E-state index contributed by atoms with van der Waals surface area (Å²) in [6.45, 7) is 0. The Balaban J connectivity index is 1.66. The zero-order chi connectivity index (χ0) is 20.7. The van der Waals surface area contributed by atoms with Gasteiger partial charge in [-0.15, -0.1) is 0 Å². The number of para-hydroxylation sites is 1. The van der Waals surface area contributed by atoms with Gasteiger partial charge in [-0.1, -0.05) is 24.3 Å². The lowest BCUT2D eigenvalue weighted by Gasteiger charge is -2.14. The van der Waals surface area contributed by atoms with E-state index < -0.39 is 0 Å². The maximum absolute atomic E-state index is 14.9. The molecule has 0 radical (unpaired) electrons. The Morgan fingerprint density at radius 1 is 1.07 bits per heavy atom. The predicted octanol–water partition coefficient (Wildman–Crippen LogP) is 4.72. The monoisotopic (exact) mass is 401 g/mol. The van der Waals surface area contributed by atoms with Crippen LogP contribution in [0.4, 0.5) is 4.39 Å².